The summed E-state index contributed by atoms with van der Waals surface area (Å²) >= 11 is 0. The summed E-state index contributed by atoms with van der Waals surface area (Å²) in [4.78, 5) is 35.0. The fourth-order valence-electron chi connectivity index (χ4n) is 9.34. The molecule has 1 unspecified atom stereocenters. The van der Waals surface area contributed by atoms with Crippen molar-refractivity contribution in [2.24, 2.45) is 5.92 Å². The lowest BCUT2D eigenvalue weighted by Crippen LogP contribution is -2.31. The Labute approximate surface area is 361 Å². The molecule has 3 aliphatic rings. The van der Waals surface area contributed by atoms with Crippen molar-refractivity contribution >= 4 is 44.0 Å². The summed E-state index contributed by atoms with van der Waals surface area (Å²) in [6.45, 7) is 2.71. The third-order valence-corrected chi connectivity index (χ3v) is 14.0. The van der Waals surface area contributed by atoms with Gasteiger partial charge in [0.1, 0.15) is 22.8 Å². The highest BCUT2D eigenvalue weighted by atomic mass is 32.2. The van der Waals surface area contributed by atoms with E-state index in [2.05, 4.69) is 73.4 Å². The van der Waals surface area contributed by atoms with Gasteiger partial charge in [-0.2, -0.15) is 0 Å². The van der Waals surface area contributed by atoms with Gasteiger partial charge >= 0.3 is 0 Å². The van der Waals surface area contributed by atoms with Gasteiger partial charge in [0.15, 0.2) is 0 Å². The summed E-state index contributed by atoms with van der Waals surface area (Å²) in [7, 11) is -4.56. The van der Waals surface area contributed by atoms with Gasteiger partial charge in [-0.3, -0.25) is 14.9 Å². The molecule has 2 aromatic heterocycles. The molecule has 1 amide bonds. The topological polar surface area (TPSA) is 169 Å². The van der Waals surface area contributed by atoms with Gasteiger partial charge < -0.3 is 24.7 Å². The number of anilines is 2. The molecule has 0 spiro atoms. The van der Waals surface area contributed by atoms with Crippen LogP contribution in [0.5, 0.6) is 11.5 Å². The number of rotatable bonds is 13. The Hall–Kier alpha value is -6.25. The third-order valence-electron chi connectivity index (χ3n) is 12.6. The van der Waals surface area contributed by atoms with Crippen molar-refractivity contribution in [3.8, 4) is 22.6 Å². The number of aromatic amines is 1. The number of pyridine rings is 1. The Morgan fingerprint density at radius 2 is 1.65 bits per heavy atom. The number of aromatic nitrogens is 2. The molecule has 4 heterocycles. The molecule has 2 saturated heterocycles. The number of hydrogen-bond donors (Lipinski definition) is 3. The number of hydrogen-bond acceptors (Lipinski definition) is 10. The number of carbonyl (C=O) groups excluding carboxylic acids is 1. The fourth-order valence-corrected chi connectivity index (χ4v) is 10.3. The first kappa shape index (κ1) is 41.1. The second kappa shape index (κ2) is 18.0. The summed E-state index contributed by atoms with van der Waals surface area (Å²) in [5.74, 6) is 0.379. The number of nitro benzene ring substituents is 1. The van der Waals surface area contributed by atoms with Crippen LogP contribution < -0.4 is 19.7 Å². The highest BCUT2D eigenvalue weighted by Crippen LogP contribution is 2.43. The molecule has 9 rings (SSSR count). The number of nitro groups is 1. The predicted molar refractivity (Wildman–Crippen MR) is 239 cm³/mol. The van der Waals surface area contributed by atoms with Crippen LogP contribution in [0.25, 0.3) is 22.2 Å². The van der Waals surface area contributed by atoms with Crippen molar-refractivity contribution in [2.75, 3.05) is 36.5 Å². The minimum absolute atomic E-state index is 0.0519. The number of carbonyl (C=O) groups is 1. The first-order chi connectivity index (χ1) is 30.2. The van der Waals surface area contributed by atoms with E-state index in [-0.39, 0.29) is 22.9 Å². The maximum atomic E-state index is 13.9. The molecule has 320 valence electrons. The molecular weight excluding hydrogens is 805 g/mol. The number of amides is 1. The van der Waals surface area contributed by atoms with Crippen molar-refractivity contribution in [3.05, 3.63) is 136 Å². The van der Waals surface area contributed by atoms with Crippen molar-refractivity contribution in [1.82, 2.24) is 14.7 Å². The summed E-state index contributed by atoms with van der Waals surface area (Å²) in [5, 5.41) is 16.0. The lowest BCUT2D eigenvalue weighted by Gasteiger charge is -2.32. The van der Waals surface area contributed by atoms with Crippen LogP contribution in [0.2, 0.25) is 0 Å². The minimum Gasteiger partial charge on any atom is -0.455 e. The molecule has 3 N–H and O–H groups in total. The van der Waals surface area contributed by atoms with Crippen LogP contribution in [0.3, 0.4) is 0 Å². The largest absolute Gasteiger partial charge is 0.455 e. The van der Waals surface area contributed by atoms with Crippen LogP contribution in [-0.2, 0) is 14.8 Å². The summed E-state index contributed by atoms with van der Waals surface area (Å²) in [6.07, 6.45) is 13.6. The lowest BCUT2D eigenvalue weighted by atomic mass is 9.80. The van der Waals surface area contributed by atoms with Gasteiger partial charge in [0.05, 0.1) is 27.6 Å². The zero-order chi connectivity index (χ0) is 42.6. The Balaban J connectivity index is 0.975. The summed E-state index contributed by atoms with van der Waals surface area (Å²) < 4.78 is 41.2. The maximum Gasteiger partial charge on any atom is 0.293 e. The predicted octanol–water partition coefficient (Wildman–Crippen LogP) is 10.3. The van der Waals surface area contributed by atoms with Gasteiger partial charge in [-0.15, -0.1) is 0 Å². The van der Waals surface area contributed by atoms with E-state index >= 15 is 0 Å². The van der Waals surface area contributed by atoms with Crippen molar-refractivity contribution in [3.63, 3.8) is 0 Å². The van der Waals surface area contributed by atoms with Crippen molar-refractivity contribution < 1.29 is 27.6 Å². The molecule has 62 heavy (non-hydrogen) atoms. The van der Waals surface area contributed by atoms with Gasteiger partial charge in [-0.1, -0.05) is 61.7 Å². The number of ether oxygens (including phenoxy) is 2. The van der Waals surface area contributed by atoms with E-state index in [9.17, 15) is 23.3 Å². The Morgan fingerprint density at radius 3 is 2.44 bits per heavy atom. The zero-order valence-corrected chi connectivity index (χ0v) is 35.2. The molecule has 13 nitrogen and oxygen atoms in total. The molecule has 14 heteroatoms. The van der Waals surface area contributed by atoms with Gasteiger partial charge in [0.2, 0.25) is 0 Å². The Morgan fingerprint density at radius 1 is 0.871 bits per heavy atom. The number of nitrogens with one attached hydrogen (secondary N) is 3. The number of sulfonamides is 1. The molecule has 3 fully saturated rings. The molecule has 6 aromatic rings. The standard InChI is InChI=1S/C48H50N6O7S/c55-48(52-62(58,59)39-17-19-43(45(29-39)54(56)57)50-30-32-21-25-60-26-22-32)42-18-14-35(28-46(42)61-38-27-36-20-23-49-47(36)51-31-38)33-12-15-37(16-13-33)53-24-6-11-44(53)41-10-5-4-9-40(41)34-7-2-1-3-8-34/h4-5,9-10,12-20,23,27-29,31-32,34,44,50H,1-3,6-8,11,21-22,24-26,30H2,(H,49,51)(H,52,55). The molecule has 0 radical (unpaired) electrons. The zero-order valence-electron chi connectivity index (χ0n) is 34.4. The molecule has 4 aromatic carbocycles. The van der Waals surface area contributed by atoms with E-state index in [0.29, 0.717) is 43.1 Å². The van der Waals surface area contributed by atoms with Crippen molar-refractivity contribution in [2.45, 2.75) is 74.6 Å². The second-order valence-electron chi connectivity index (χ2n) is 16.6. The number of nitrogens with zero attached hydrogens (tertiary/aromatic N) is 3. The Bertz CT molecular complexity index is 2690. The lowest BCUT2D eigenvalue weighted by molar-refractivity contribution is -0.384. The minimum atomic E-state index is -4.56. The van der Waals surface area contributed by atoms with Crippen LogP contribution >= 0.6 is 0 Å². The summed E-state index contributed by atoms with van der Waals surface area (Å²) in [6, 6.07) is 29.9. The number of benzene rings is 4. The molecule has 0 bridgehead atoms. The number of H-pyrrole nitrogens is 1. The summed E-state index contributed by atoms with van der Waals surface area (Å²) in [5.41, 5.74) is 6.11. The SMILES string of the molecule is O=C(NS(=O)(=O)c1ccc(NCC2CCOCC2)c([N+](=O)[O-])c1)c1ccc(-c2ccc(N3CCCC3c3ccccc3C3CCCCC3)cc2)cc1Oc1cnc2[nH]ccc2c1. The van der Waals surface area contributed by atoms with E-state index in [1.54, 1.807) is 24.4 Å². The van der Waals surface area contributed by atoms with Crippen molar-refractivity contribution in [1.29, 1.82) is 0 Å². The monoisotopic (exact) mass is 854 g/mol. The maximum absolute atomic E-state index is 13.9. The molecular formula is C48H50N6O7S. The van der Waals surface area contributed by atoms with Crippen LogP contribution in [0.1, 0.15) is 91.2 Å². The van der Waals surface area contributed by atoms with Crippen LogP contribution in [-0.4, -0.2) is 55.5 Å². The normalized spacial score (nSPS) is 17.5. The molecule has 1 saturated carbocycles. The Kier molecular flexibility index (Phi) is 11.9. The average molecular weight is 855 g/mol. The van der Waals surface area contributed by atoms with Crippen LogP contribution in [0.15, 0.2) is 114 Å². The van der Waals surface area contributed by atoms with E-state index < -0.39 is 31.4 Å². The van der Waals surface area contributed by atoms with Gasteiger partial charge in [-0.25, -0.2) is 18.1 Å². The van der Waals surface area contributed by atoms with Crippen LogP contribution in [0.4, 0.5) is 17.1 Å². The highest BCUT2D eigenvalue weighted by Gasteiger charge is 2.31. The first-order valence-electron chi connectivity index (χ1n) is 21.6. The fraction of sp³-hybridized carbons (Fsp3) is 0.333. The smallest absolute Gasteiger partial charge is 0.293 e. The van der Waals surface area contributed by atoms with Crippen LogP contribution in [0, 0.1) is 16.0 Å². The van der Waals surface area contributed by atoms with Gasteiger partial charge in [-0.05, 0) is 121 Å². The van der Waals surface area contributed by atoms with E-state index in [1.807, 2.05) is 6.07 Å². The highest BCUT2D eigenvalue weighted by molar-refractivity contribution is 7.90. The third kappa shape index (κ3) is 8.88. The van der Waals surface area contributed by atoms with E-state index in [0.717, 1.165) is 60.5 Å². The van der Waals surface area contributed by atoms with E-state index in [4.69, 9.17) is 9.47 Å². The molecule has 1 atom stereocenters. The number of fused-ring (bicyclic) bond motifs is 1. The average Bonchev–Trinajstić information content (AvgIpc) is 3.99. The molecule has 1 aliphatic carbocycles. The second-order valence-corrected chi connectivity index (χ2v) is 18.3. The molecule has 2 aliphatic heterocycles. The first-order valence-corrected chi connectivity index (χ1v) is 23.1. The van der Waals surface area contributed by atoms with Gasteiger partial charge in [0, 0.05) is 49.6 Å². The quantitative estimate of drug-likeness (QED) is 0.0751. The van der Waals surface area contributed by atoms with E-state index in [1.165, 1.54) is 67.6 Å². The van der Waals surface area contributed by atoms with Gasteiger partial charge in [0.25, 0.3) is 21.6 Å².